The molecule has 0 spiro atoms. The molecule has 0 fully saturated rings. The number of carbonyl (C=O) groups is 2. The number of rotatable bonds is 10. The molecule has 0 aliphatic heterocycles. The van der Waals surface area contributed by atoms with Gasteiger partial charge in [0, 0.05) is 29.0 Å². The number of aromatic nitrogens is 2. The van der Waals surface area contributed by atoms with E-state index < -0.39 is 23.8 Å². The Morgan fingerprint density at radius 1 is 1.14 bits per heavy atom. The highest BCUT2D eigenvalue weighted by atomic mass is 35.5. The molecule has 2 atom stereocenters. The molecule has 2 rings (SSSR count). The molecule has 3 N–H and O–H groups in total. The predicted octanol–water partition coefficient (Wildman–Crippen LogP) is 6.35. The molecule has 2 amide bonds. The first-order valence-electron chi connectivity index (χ1n) is 11.5. The van der Waals surface area contributed by atoms with Crippen molar-refractivity contribution in [3.63, 3.8) is 0 Å². The molecule has 194 valence electrons. The fourth-order valence-corrected chi connectivity index (χ4v) is 3.34. The largest absolute Gasteiger partial charge is 0.453 e. The summed E-state index contributed by atoms with van der Waals surface area (Å²) in [6.07, 6.45) is 2.75. The van der Waals surface area contributed by atoms with Crippen LogP contribution < -0.4 is 16.0 Å². The van der Waals surface area contributed by atoms with E-state index in [9.17, 15) is 9.59 Å². The van der Waals surface area contributed by atoms with Crippen LogP contribution >= 0.6 is 11.6 Å². The number of nitrogens with zero attached hydrogens (tertiary/aromatic N) is 2. The maximum absolute atomic E-state index is 12.4. The van der Waals surface area contributed by atoms with E-state index in [1.54, 1.807) is 45.0 Å². The normalized spacial score (nSPS) is 12.6. The Balaban J connectivity index is 2.49. The van der Waals surface area contributed by atoms with Crippen LogP contribution in [0.1, 0.15) is 45.9 Å². The zero-order valence-electron chi connectivity index (χ0n) is 21.4. The molecule has 0 saturated carbocycles. The minimum Gasteiger partial charge on any atom is -0.453 e. The lowest BCUT2D eigenvalue weighted by Crippen LogP contribution is -2.35. The van der Waals surface area contributed by atoms with Crippen LogP contribution in [-0.2, 0) is 9.47 Å². The molecule has 0 aliphatic carbocycles. The minimum absolute atomic E-state index is 0.182. The van der Waals surface area contributed by atoms with Gasteiger partial charge in [-0.1, -0.05) is 36.7 Å². The summed E-state index contributed by atoms with van der Waals surface area (Å²) in [6, 6.07) is 6.55. The van der Waals surface area contributed by atoms with E-state index in [4.69, 9.17) is 21.1 Å². The number of hydrogen-bond acceptors (Lipinski definition) is 7. The molecule has 1 unspecified atom stereocenters. The van der Waals surface area contributed by atoms with Crippen molar-refractivity contribution in [2.24, 2.45) is 5.92 Å². The first kappa shape index (κ1) is 28.6. The van der Waals surface area contributed by atoms with Crippen LogP contribution in [-0.4, -0.2) is 41.6 Å². The van der Waals surface area contributed by atoms with Gasteiger partial charge in [0.1, 0.15) is 5.60 Å². The van der Waals surface area contributed by atoms with Crippen molar-refractivity contribution in [3.05, 3.63) is 60.4 Å². The summed E-state index contributed by atoms with van der Waals surface area (Å²) < 4.78 is 10.1. The zero-order chi connectivity index (χ0) is 26.9. The van der Waals surface area contributed by atoms with Crippen molar-refractivity contribution in [2.45, 2.75) is 45.8 Å². The Labute approximate surface area is 217 Å². The van der Waals surface area contributed by atoms with Gasteiger partial charge in [-0.3, -0.25) is 5.32 Å². The molecule has 10 heteroatoms. The summed E-state index contributed by atoms with van der Waals surface area (Å²) in [6.45, 7) is 15.6. The van der Waals surface area contributed by atoms with E-state index >= 15 is 0 Å². The number of carbonyl (C=O) groups excluding carboxylic acids is 2. The average Bonchev–Trinajstić information content (AvgIpc) is 2.81. The van der Waals surface area contributed by atoms with Crippen LogP contribution in [0.5, 0.6) is 0 Å². The van der Waals surface area contributed by atoms with Crippen molar-refractivity contribution in [2.75, 3.05) is 24.3 Å². The zero-order valence-corrected chi connectivity index (χ0v) is 22.1. The third kappa shape index (κ3) is 8.57. The van der Waals surface area contributed by atoms with Gasteiger partial charge in [-0.2, -0.15) is 5.10 Å². The maximum Gasteiger partial charge on any atom is 0.411 e. The van der Waals surface area contributed by atoms with Gasteiger partial charge in [0.2, 0.25) is 0 Å². The van der Waals surface area contributed by atoms with Gasteiger partial charge in [-0.05, 0) is 51.3 Å². The smallest absolute Gasteiger partial charge is 0.411 e. The molecule has 0 aliphatic rings. The molecule has 1 heterocycles. The summed E-state index contributed by atoms with van der Waals surface area (Å²) in [5.41, 5.74) is 2.41. The monoisotopic (exact) mass is 515 g/mol. The van der Waals surface area contributed by atoms with Crippen LogP contribution in [0.2, 0.25) is 5.15 Å². The Morgan fingerprint density at radius 2 is 1.86 bits per heavy atom. The van der Waals surface area contributed by atoms with Crippen molar-refractivity contribution in [3.8, 4) is 11.1 Å². The van der Waals surface area contributed by atoms with Crippen LogP contribution in [0, 0.1) is 5.92 Å². The molecule has 36 heavy (non-hydrogen) atoms. The number of halogens is 1. The first-order valence-corrected chi connectivity index (χ1v) is 11.8. The quantitative estimate of drug-likeness (QED) is 0.316. The Kier molecular flexibility index (Phi) is 10.3. The molecule has 9 nitrogen and oxygen atoms in total. The molecular formula is C26H34ClN5O4. The highest BCUT2D eigenvalue weighted by Crippen LogP contribution is 2.36. The van der Waals surface area contributed by atoms with E-state index in [1.807, 2.05) is 19.1 Å². The van der Waals surface area contributed by atoms with E-state index in [0.717, 1.165) is 5.56 Å². The second-order valence-electron chi connectivity index (χ2n) is 9.17. The fourth-order valence-electron chi connectivity index (χ4n) is 3.15. The van der Waals surface area contributed by atoms with Crippen molar-refractivity contribution < 1.29 is 19.1 Å². The highest BCUT2D eigenvalue weighted by molar-refractivity contribution is 6.32. The van der Waals surface area contributed by atoms with Crippen molar-refractivity contribution in [1.82, 2.24) is 15.5 Å². The molecule has 0 saturated heterocycles. The fraction of sp³-hybridized carbons (Fsp3) is 0.385. The van der Waals surface area contributed by atoms with Gasteiger partial charge in [0.05, 0.1) is 18.8 Å². The summed E-state index contributed by atoms with van der Waals surface area (Å²) >= 11 is 6.47. The number of hydrogen-bond donors (Lipinski definition) is 3. The standard InChI is InChI=1S/C26H34ClN5O4/c1-8-10-20(30-25(34)36-26(4,5)6)22-14-19(23(27)32-31-22)18-12-11-17(29-24(33)35-7)13-21(18)28-15-16(3)9-2/h8-9,11-14,16,20,28H,1-2,10,15H2,3-7H3,(H,29,33)(H,30,34)/t16?,20-/m0/s1. The third-order valence-corrected chi connectivity index (χ3v) is 5.26. The van der Waals surface area contributed by atoms with Gasteiger partial charge in [-0.15, -0.1) is 18.3 Å². The summed E-state index contributed by atoms with van der Waals surface area (Å²) in [5, 5.41) is 17.4. The lowest BCUT2D eigenvalue weighted by atomic mass is 10.0. The number of nitrogens with one attached hydrogen (secondary N) is 3. The molecule has 1 aromatic carbocycles. The van der Waals surface area contributed by atoms with E-state index in [1.165, 1.54) is 7.11 Å². The summed E-state index contributed by atoms with van der Waals surface area (Å²) in [5.74, 6) is 0.187. The van der Waals surface area contributed by atoms with Gasteiger partial charge in [0.15, 0.2) is 5.15 Å². The van der Waals surface area contributed by atoms with Crippen LogP contribution in [0.3, 0.4) is 0 Å². The SMILES string of the molecule is C=CC[C@H](NC(=O)OC(C)(C)C)c1cc(-c2ccc(NC(=O)OC)cc2NCC(C)C=C)c(Cl)nn1. The molecule has 1 aromatic heterocycles. The number of ether oxygens (including phenoxy) is 2. The summed E-state index contributed by atoms with van der Waals surface area (Å²) in [4.78, 5) is 24.1. The number of benzene rings is 1. The lowest BCUT2D eigenvalue weighted by molar-refractivity contribution is 0.0502. The van der Waals surface area contributed by atoms with E-state index in [2.05, 4.69) is 39.3 Å². The second kappa shape index (κ2) is 12.9. The average molecular weight is 516 g/mol. The second-order valence-corrected chi connectivity index (χ2v) is 9.53. The van der Waals surface area contributed by atoms with E-state index in [0.29, 0.717) is 35.6 Å². The van der Waals surface area contributed by atoms with E-state index in [-0.39, 0.29) is 11.1 Å². The van der Waals surface area contributed by atoms with Gasteiger partial charge < -0.3 is 20.1 Å². The first-order chi connectivity index (χ1) is 17.0. The Bertz CT molecular complexity index is 1100. The summed E-state index contributed by atoms with van der Waals surface area (Å²) in [7, 11) is 1.30. The van der Waals surface area contributed by atoms with Gasteiger partial charge in [0.25, 0.3) is 0 Å². The molecule has 0 bridgehead atoms. The molecule has 0 radical (unpaired) electrons. The minimum atomic E-state index is -0.650. The Morgan fingerprint density at radius 3 is 2.47 bits per heavy atom. The van der Waals surface area contributed by atoms with Gasteiger partial charge in [-0.25, -0.2) is 9.59 Å². The highest BCUT2D eigenvalue weighted by Gasteiger charge is 2.23. The molecule has 2 aromatic rings. The number of amides is 2. The van der Waals surface area contributed by atoms with Crippen LogP contribution in [0.4, 0.5) is 21.0 Å². The van der Waals surface area contributed by atoms with Gasteiger partial charge >= 0.3 is 12.2 Å². The van der Waals surface area contributed by atoms with Crippen molar-refractivity contribution in [1.29, 1.82) is 0 Å². The number of anilines is 2. The predicted molar refractivity (Wildman–Crippen MR) is 143 cm³/mol. The number of methoxy groups -OCH3 is 1. The molecular weight excluding hydrogens is 482 g/mol. The van der Waals surface area contributed by atoms with Crippen LogP contribution in [0.25, 0.3) is 11.1 Å². The lowest BCUT2D eigenvalue weighted by Gasteiger charge is -2.23. The number of alkyl carbamates (subject to hydrolysis) is 1. The third-order valence-electron chi connectivity index (χ3n) is 4.98. The Hall–Kier alpha value is -3.59. The van der Waals surface area contributed by atoms with Crippen molar-refractivity contribution >= 4 is 35.2 Å². The topological polar surface area (TPSA) is 114 Å². The van der Waals surface area contributed by atoms with Crippen LogP contribution in [0.15, 0.2) is 49.6 Å². The maximum atomic E-state index is 12.4.